The molecule has 2 rings (SSSR count). The molecule has 1 saturated heterocycles. The second-order valence-corrected chi connectivity index (χ2v) is 4.52. The van der Waals surface area contributed by atoms with Crippen LogP contribution in [0.3, 0.4) is 0 Å². The predicted molar refractivity (Wildman–Crippen MR) is 61.3 cm³/mol. The summed E-state index contributed by atoms with van der Waals surface area (Å²) in [6.45, 7) is 1.55. The smallest absolute Gasteiger partial charge is 0.145 e. The van der Waals surface area contributed by atoms with E-state index in [0.29, 0.717) is 5.75 Å². The fraction of sp³-hybridized carbons (Fsp3) is 0.455. The van der Waals surface area contributed by atoms with E-state index in [1.165, 1.54) is 12.1 Å². The van der Waals surface area contributed by atoms with Crippen molar-refractivity contribution < 1.29 is 9.13 Å². The lowest BCUT2D eigenvalue weighted by Gasteiger charge is -2.17. The summed E-state index contributed by atoms with van der Waals surface area (Å²) in [5.41, 5.74) is 5.90. The van der Waals surface area contributed by atoms with Gasteiger partial charge in [0, 0.05) is 19.2 Å². The molecule has 2 atom stereocenters. The minimum Gasteiger partial charge on any atom is -0.487 e. The van der Waals surface area contributed by atoms with Crippen molar-refractivity contribution >= 4 is 11.6 Å². The molecule has 1 aromatic rings. The van der Waals surface area contributed by atoms with E-state index in [0.717, 1.165) is 13.1 Å². The Balaban J connectivity index is 2.06. The van der Waals surface area contributed by atoms with Gasteiger partial charge >= 0.3 is 0 Å². The third-order valence-electron chi connectivity index (χ3n) is 2.67. The molecule has 1 aliphatic rings. The molecule has 1 aromatic carbocycles. The van der Waals surface area contributed by atoms with Gasteiger partial charge in [-0.2, -0.15) is 0 Å². The van der Waals surface area contributed by atoms with E-state index >= 15 is 0 Å². The fourth-order valence-electron chi connectivity index (χ4n) is 1.84. The predicted octanol–water partition coefficient (Wildman–Crippen LogP) is 1.50. The maximum atomic E-state index is 13.2. The van der Waals surface area contributed by atoms with Crippen LogP contribution in [0, 0.1) is 5.82 Å². The van der Waals surface area contributed by atoms with Gasteiger partial charge in [-0.25, -0.2) is 4.39 Å². The molecule has 0 saturated carbocycles. The number of benzene rings is 1. The minimum absolute atomic E-state index is 0.0382. The van der Waals surface area contributed by atoms with E-state index in [9.17, 15) is 4.39 Å². The highest BCUT2D eigenvalue weighted by Gasteiger charge is 2.29. The van der Waals surface area contributed by atoms with Crippen LogP contribution in [0.5, 0.6) is 5.75 Å². The van der Waals surface area contributed by atoms with Crippen LogP contribution in [-0.2, 0) is 0 Å². The zero-order valence-corrected chi connectivity index (χ0v) is 9.75. The van der Waals surface area contributed by atoms with Gasteiger partial charge in [-0.15, -0.1) is 0 Å². The standard InChI is InChI=1S/C11H14ClFN2O/c1-15-5-10(14)11(6-15)16-7-2-3-8(12)9(13)4-7/h2-4,10-11H,5-6,14H2,1H3. The van der Waals surface area contributed by atoms with E-state index in [-0.39, 0.29) is 17.2 Å². The molecule has 2 unspecified atom stereocenters. The molecule has 0 radical (unpaired) electrons. The Morgan fingerprint density at radius 3 is 2.81 bits per heavy atom. The highest BCUT2D eigenvalue weighted by atomic mass is 35.5. The Hall–Kier alpha value is -0.840. The highest BCUT2D eigenvalue weighted by Crippen LogP contribution is 2.22. The number of hydrogen-bond donors (Lipinski definition) is 1. The van der Waals surface area contributed by atoms with Crippen LogP contribution in [0.1, 0.15) is 0 Å². The van der Waals surface area contributed by atoms with E-state index in [1.807, 2.05) is 7.05 Å². The van der Waals surface area contributed by atoms with Crippen LogP contribution in [-0.4, -0.2) is 37.2 Å². The Morgan fingerprint density at radius 1 is 1.50 bits per heavy atom. The number of nitrogens with zero attached hydrogens (tertiary/aromatic N) is 1. The van der Waals surface area contributed by atoms with Crippen LogP contribution in [0.4, 0.5) is 4.39 Å². The summed E-state index contributed by atoms with van der Waals surface area (Å²) in [5, 5.41) is 0.0974. The summed E-state index contributed by atoms with van der Waals surface area (Å²) in [7, 11) is 1.98. The Kier molecular flexibility index (Phi) is 3.33. The van der Waals surface area contributed by atoms with Crippen molar-refractivity contribution in [1.82, 2.24) is 4.90 Å². The topological polar surface area (TPSA) is 38.5 Å². The third kappa shape index (κ3) is 2.45. The first-order chi connectivity index (χ1) is 7.56. The molecule has 0 bridgehead atoms. The van der Waals surface area contributed by atoms with E-state index < -0.39 is 5.82 Å². The second kappa shape index (κ2) is 4.57. The van der Waals surface area contributed by atoms with Gasteiger partial charge in [-0.3, -0.25) is 0 Å². The van der Waals surface area contributed by atoms with Crippen LogP contribution in [0.2, 0.25) is 5.02 Å². The number of halogens is 2. The molecule has 16 heavy (non-hydrogen) atoms. The molecule has 1 heterocycles. The van der Waals surface area contributed by atoms with Gasteiger partial charge in [0.05, 0.1) is 11.1 Å². The summed E-state index contributed by atoms with van der Waals surface area (Å²) >= 11 is 5.59. The monoisotopic (exact) mass is 244 g/mol. The molecule has 0 aromatic heterocycles. The van der Waals surface area contributed by atoms with Crippen molar-refractivity contribution in [3.8, 4) is 5.75 Å². The molecule has 0 amide bonds. The van der Waals surface area contributed by atoms with Gasteiger partial charge < -0.3 is 15.4 Å². The van der Waals surface area contributed by atoms with Crippen LogP contribution >= 0.6 is 11.6 Å². The SMILES string of the molecule is CN1CC(N)C(Oc2ccc(Cl)c(F)c2)C1. The third-order valence-corrected chi connectivity index (χ3v) is 2.98. The number of nitrogens with two attached hydrogens (primary N) is 1. The number of likely N-dealkylation sites (tertiary alicyclic amines) is 1. The molecule has 0 aliphatic carbocycles. The quantitative estimate of drug-likeness (QED) is 0.857. The molecule has 0 spiro atoms. The number of rotatable bonds is 2. The lowest BCUT2D eigenvalue weighted by atomic mass is 10.2. The van der Waals surface area contributed by atoms with Crippen molar-refractivity contribution in [3.63, 3.8) is 0 Å². The molecule has 5 heteroatoms. The Labute approximate surface area is 98.9 Å². The molecular weight excluding hydrogens is 231 g/mol. The van der Waals surface area contributed by atoms with Crippen LogP contribution < -0.4 is 10.5 Å². The minimum atomic E-state index is -0.473. The first kappa shape index (κ1) is 11.6. The normalized spacial score (nSPS) is 26.0. The molecule has 88 valence electrons. The summed E-state index contributed by atoms with van der Waals surface area (Å²) in [4.78, 5) is 2.08. The molecular formula is C11H14ClFN2O. The summed E-state index contributed by atoms with van der Waals surface area (Å²) in [5.74, 6) is -0.00302. The molecule has 3 nitrogen and oxygen atoms in total. The maximum Gasteiger partial charge on any atom is 0.145 e. The van der Waals surface area contributed by atoms with Crippen LogP contribution in [0.15, 0.2) is 18.2 Å². The second-order valence-electron chi connectivity index (χ2n) is 4.12. The zero-order valence-electron chi connectivity index (χ0n) is 8.99. The van der Waals surface area contributed by atoms with Crippen molar-refractivity contribution in [1.29, 1.82) is 0 Å². The number of likely N-dealkylation sites (N-methyl/N-ethyl adjacent to an activating group) is 1. The van der Waals surface area contributed by atoms with Crippen LogP contribution in [0.25, 0.3) is 0 Å². The Morgan fingerprint density at radius 2 is 2.25 bits per heavy atom. The lowest BCUT2D eigenvalue weighted by Crippen LogP contribution is -2.37. The van der Waals surface area contributed by atoms with Gasteiger partial charge in [-0.1, -0.05) is 11.6 Å². The van der Waals surface area contributed by atoms with Gasteiger partial charge in [0.2, 0.25) is 0 Å². The van der Waals surface area contributed by atoms with Crippen molar-refractivity contribution in [2.24, 2.45) is 5.73 Å². The Bertz CT molecular complexity index is 388. The lowest BCUT2D eigenvalue weighted by molar-refractivity contribution is 0.194. The van der Waals surface area contributed by atoms with E-state index in [4.69, 9.17) is 22.1 Å². The average Bonchev–Trinajstić information content (AvgIpc) is 2.51. The zero-order chi connectivity index (χ0) is 11.7. The van der Waals surface area contributed by atoms with E-state index in [2.05, 4.69) is 4.90 Å². The maximum absolute atomic E-state index is 13.2. The summed E-state index contributed by atoms with van der Waals surface area (Å²) < 4.78 is 18.8. The van der Waals surface area contributed by atoms with Crippen molar-refractivity contribution in [3.05, 3.63) is 29.0 Å². The van der Waals surface area contributed by atoms with Gasteiger partial charge in [0.1, 0.15) is 17.7 Å². The highest BCUT2D eigenvalue weighted by molar-refractivity contribution is 6.30. The molecule has 1 fully saturated rings. The van der Waals surface area contributed by atoms with Gasteiger partial charge in [0.25, 0.3) is 0 Å². The average molecular weight is 245 g/mol. The van der Waals surface area contributed by atoms with Gasteiger partial charge in [-0.05, 0) is 19.2 Å². The van der Waals surface area contributed by atoms with Crippen molar-refractivity contribution in [2.45, 2.75) is 12.1 Å². The number of hydrogen-bond acceptors (Lipinski definition) is 3. The molecule has 1 aliphatic heterocycles. The molecule has 2 N–H and O–H groups in total. The largest absolute Gasteiger partial charge is 0.487 e. The summed E-state index contributed by atoms with van der Waals surface area (Å²) in [6.07, 6.45) is -0.0921. The van der Waals surface area contributed by atoms with Crippen molar-refractivity contribution in [2.75, 3.05) is 20.1 Å². The fourth-order valence-corrected chi connectivity index (χ4v) is 1.96. The van der Waals surface area contributed by atoms with Gasteiger partial charge in [0.15, 0.2) is 0 Å². The van der Waals surface area contributed by atoms with E-state index in [1.54, 1.807) is 6.07 Å². The summed E-state index contributed by atoms with van der Waals surface area (Å²) in [6, 6.07) is 4.38. The number of ether oxygens (including phenoxy) is 1. The first-order valence-electron chi connectivity index (χ1n) is 5.12. The first-order valence-corrected chi connectivity index (χ1v) is 5.50.